The van der Waals surface area contributed by atoms with Gasteiger partial charge in [0.15, 0.2) is 11.9 Å². The molecule has 1 aromatic heterocycles. The van der Waals surface area contributed by atoms with Crippen LogP contribution in [0.5, 0.6) is 0 Å². The highest BCUT2D eigenvalue weighted by Crippen LogP contribution is 2.65. The molecule has 4 atom stereocenters. The van der Waals surface area contributed by atoms with E-state index in [1.165, 1.54) is 19.2 Å². The summed E-state index contributed by atoms with van der Waals surface area (Å²) >= 11 is 4.82. The van der Waals surface area contributed by atoms with Crippen molar-refractivity contribution < 1.29 is 14.2 Å². The summed E-state index contributed by atoms with van der Waals surface area (Å²) in [6.07, 6.45) is 0.882. The molecule has 5 nitrogen and oxygen atoms in total. The zero-order valence-electron chi connectivity index (χ0n) is 9.72. The third kappa shape index (κ3) is 1.44. The van der Waals surface area contributed by atoms with Gasteiger partial charge in [0.05, 0.1) is 6.61 Å². The number of hydrogen-bond donors (Lipinski definition) is 2. The van der Waals surface area contributed by atoms with Gasteiger partial charge in [0.2, 0.25) is 0 Å². The van der Waals surface area contributed by atoms with E-state index in [0.717, 1.165) is 4.57 Å². The number of halogens is 1. The van der Waals surface area contributed by atoms with Crippen LogP contribution in [0.15, 0.2) is 17.1 Å². The molecule has 3 unspecified atom stereocenters. The van der Waals surface area contributed by atoms with Gasteiger partial charge >= 0.3 is 5.69 Å². The molecular weight excluding hydrogens is 259 g/mol. The molecule has 0 aromatic carbocycles. The molecule has 0 spiro atoms. The lowest BCUT2D eigenvalue weighted by molar-refractivity contribution is -0.102. The molecule has 2 aliphatic rings. The third-order valence-corrected chi connectivity index (χ3v) is 4.14. The van der Waals surface area contributed by atoms with Crippen LogP contribution in [0, 0.1) is 10.6 Å². The molecule has 1 aromatic rings. The predicted molar refractivity (Wildman–Crippen MR) is 63.4 cm³/mol. The second kappa shape index (κ2) is 3.49. The second-order valence-corrected chi connectivity index (χ2v) is 5.56. The molecule has 1 saturated carbocycles. The van der Waals surface area contributed by atoms with Crippen molar-refractivity contribution >= 4 is 12.2 Å². The molecule has 1 saturated heterocycles. The van der Waals surface area contributed by atoms with Gasteiger partial charge in [0.1, 0.15) is 10.2 Å². The van der Waals surface area contributed by atoms with Gasteiger partial charge in [-0.05, 0) is 19.4 Å². The van der Waals surface area contributed by atoms with E-state index in [2.05, 4.69) is 4.98 Å². The number of hydrogen-bond acceptors (Lipinski definition) is 4. The van der Waals surface area contributed by atoms with Crippen molar-refractivity contribution in [3.05, 3.63) is 27.4 Å². The Bertz CT molecular complexity index is 611. The zero-order chi connectivity index (χ0) is 13.1. The molecule has 0 bridgehead atoms. The molecule has 3 rings (SSSR count). The van der Waals surface area contributed by atoms with Crippen LogP contribution in [-0.2, 0) is 4.74 Å². The summed E-state index contributed by atoms with van der Waals surface area (Å²) in [4.78, 5) is 14.2. The first-order chi connectivity index (χ1) is 8.40. The summed E-state index contributed by atoms with van der Waals surface area (Å²) in [7, 11) is 0. The largest absolute Gasteiger partial charge is 0.393 e. The fourth-order valence-corrected chi connectivity index (χ4v) is 2.94. The molecule has 18 heavy (non-hydrogen) atoms. The second-order valence-electron chi connectivity index (χ2n) is 5.12. The Morgan fingerprint density at radius 1 is 1.78 bits per heavy atom. The van der Waals surface area contributed by atoms with Gasteiger partial charge < -0.3 is 9.84 Å². The lowest BCUT2D eigenvalue weighted by atomic mass is 10.0. The van der Waals surface area contributed by atoms with E-state index >= 15 is 0 Å². The normalized spacial score (nSPS) is 41.7. The Labute approximate surface area is 107 Å². The minimum Gasteiger partial charge on any atom is -0.393 e. The first kappa shape index (κ1) is 12.0. The van der Waals surface area contributed by atoms with Crippen molar-refractivity contribution in [2.45, 2.75) is 30.8 Å². The molecule has 1 aliphatic heterocycles. The highest BCUT2D eigenvalue weighted by molar-refractivity contribution is 7.71. The Morgan fingerprint density at radius 3 is 3.06 bits per heavy atom. The van der Waals surface area contributed by atoms with Gasteiger partial charge in [-0.3, -0.25) is 9.55 Å². The van der Waals surface area contributed by atoms with Crippen molar-refractivity contribution in [2.24, 2.45) is 5.92 Å². The Kier molecular flexibility index (Phi) is 2.33. The summed E-state index contributed by atoms with van der Waals surface area (Å²) in [5.74, 6) is -0.366. The smallest absolute Gasteiger partial charge is 0.328 e. The van der Waals surface area contributed by atoms with E-state index in [1.807, 2.05) is 0 Å². The van der Waals surface area contributed by atoms with Crippen LogP contribution in [-0.4, -0.2) is 32.5 Å². The number of aliphatic hydroxyl groups excluding tert-OH is 1. The van der Waals surface area contributed by atoms with Crippen LogP contribution < -0.4 is 5.69 Å². The fraction of sp³-hybridized carbons (Fsp3) is 0.636. The molecule has 2 fully saturated rings. The van der Waals surface area contributed by atoms with Crippen LogP contribution in [0.4, 0.5) is 4.39 Å². The number of aromatic nitrogens is 2. The van der Waals surface area contributed by atoms with Crippen LogP contribution in [0.3, 0.4) is 0 Å². The Balaban J connectivity index is 2.03. The Hall–Kier alpha value is -1.05. The zero-order valence-corrected chi connectivity index (χ0v) is 10.5. The number of ether oxygens (including phenoxy) is 1. The number of rotatable bonds is 2. The molecular formula is C11H13FN2O3S. The fourth-order valence-electron chi connectivity index (χ4n) is 2.79. The van der Waals surface area contributed by atoms with Gasteiger partial charge in [-0.25, -0.2) is 9.18 Å². The number of alkyl halides is 1. The molecule has 2 N–H and O–H groups in total. The number of nitrogens with one attached hydrogen (secondary N) is 1. The van der Waals surface area contributed by atoms with Crippen molar-refractivity contribution in [1.29, 1.82) is 0 Å². The number of fused-ring (bicyclic) bond motifs is 1. The molecule has 1 aliphatic carbocycles. The van der Waals surface area contributed by atoms with Gasteiger partial charge in [-0.15, -0.1) is 0 Å². The topological polar surface area (TPSA) is 67.2 Å². The van der Waals surface area contributed by atoms with Gasteiger partial charge in [0, 0.05) is 12.1 Å². The monoisotopic (exact) mass is 272 g/mol. The van der Waals surface area contributed by atoms with Crippen molar-refractivity contribution in [1.82, 2.24) is 9.55 Å². The molecule has 0 amide bonds. The van der Waals surface area contributed by atoms with Crippen LogP contribution in [0.1, 0.15) is 19.6 Å². The third-order valence-electron chi connectivity index (χ3n) is 3.91. The Morgan fingerprint density at radius 2 is 2.50 bits per heavy atom. The molecule has 2 heterocycles. The quantitative estimate of drug-likeness (QED) is 0.785. The van der Waals surface area contributed by atoms with E-state index in [-0.39, 0.29) is 17.2 Å². The maximum Gasteiger partial charge on any atom is 0.328 e. The minimum atomic E-state index is -1.68. The lowest BCUT2D eigenvalue weighted by Gasteiger charge is -2.26. The van der Waals surface area contributed by atoms with Crippen molar-refractivity contribution in [3.63, 3.8) is 0 Å². The lowest BCUT2D eigenvalue weighted by Crippen LogP contribution is -2.38. The highest BCUT2D eigenvalue weighted by Gasteiger charge is 2.74. The molecule has 7 heteroatoms. The summed E-state index contributed by atoms with van der Waals surface area (Å²) in [6, 6.07) is 1.51. The van der Waals surface area contributed by atoms with Crippen LogP contribution >= 0.6 is 12.2 Å². The number of H-pyrrole nitrogens is 1. The highest BCUT2D eigenvalue weighted by atomic mass is 32.1. The predicted octanol–water partition coefficient (Wildman–Crippen LogP) is 0.914. The number of aromatic amines is 1. The van der Waals surface area contributed by atoms with Crippen LogP contribution in [0.25, 0.3) is 0 Å². The number of nitrogens with zero attached hydrogens (tertiary/aromatic N) is 1. The standard InChI is InChI=1S/C11H13FN2O3S/c1-10(12)6-4-11(6,5-15)17-8(10)14-3-2-7(18)13-9(14)16/h2-3,6,8,15H,4-5H2,1H3,(H,13,16,18)/t6?,8-,10?,11?/m1/s1. The van der Waals surface area contributed by atoms with Crippen molar-refractivity contribution in [2.75, 3.05) is 6.61 Å². The SMILES string of the molecule is CC1(F)C2CC2(CO)O[C@H]1n1ccc(=S)[nH]c1=O. The summed E-state index contributed by atoms with van der Waals surface area (Å²) in [6.45, 7) is 1.17. The maximum atomic E-state index is 14.7. The van der Waals surface area contributed by atoms with E-state index in [4.69, 9.17) is 17.0 Å². The molecule has 0 radical (unpaired) electrons. The van der Waals surface area contributed by atoms with E-state index < -0.39 is 23.2 Å². The minimum absolute atomic E-state index is 0.231. The number of aliphatic hydroxyl groups is 1. The van der Waals surface area contributed by atoms with Gasteiger partial charge in [-0.2, -0.15) is 0 Å². The van der Waals surface area contributed by atoms with Gasteiger partial charge in [0.25, 0.3) is 0 Å². The average Bonchev–Trinajstić information content (AvgIpc) is 2.98. The van der Waals surface area contributed by atoms with E-state index in [9.17, 15) is 14.3 Å². The summed E-state index contributed by atoms with van der Waals surface area (Å²) in [5.41, 5.74) is -3.00. The summed E-state index contributed by atoms with van der Waals surface area (Å²) in [5, 5.41) is 9.27. The maximum absolute atomic E-state index is 14.7. The average molecular weight is 272 g/mol. The van der Waals surface area contributed by atoms with Gasteiger partial charge in [-0.1, -0.05) is 12.2 Å². The first-order valence-corrected chi connectivity index (χ1v) is 6.10. The van der Waals surface area contributed by atoms with E-state index in [1.54, 1.807) is 0 Å². The molecule has 98 valence electrons. The van der Waals surface area contributed by atoms with E-state index in [0.29, 0.717) is 6.42 Å². The van der Waals surface area contributed by atoms with Crippen molar-refractivity contribution in [3.8, 4) is 0 Å². The summed E-state index contributed by atoms with van der Waals surface area (Å²) < 4.78 is 21.7. The first-order valence-electron chi connectivity index (χ1n) is 5.70. The van der Waals surface area contributed by atoms with Crippen LogP contribution in [0.2, 0.25) is 0 Å².